The van der Waals surface area contributed by atoms with Gasteiger partial charge in [0.25, 0.3) is 0 Å². The highest BCUT2D eigenvalue weighted by molar-refractivity contribution is 7.87. The first-order valence-corrected chi connectivity index (χ1v) is 8.98. The van der Waals surface area contributed by atoms with E-state index in [4.69, 9.17) is 0 Å². The van der Waals surface area contributed by atoms with Crippen molar-refractivity contribution in [1.82, 2.24) is 4.90 Å². The lowest BCUT2D eigenvalue weighted by molar-refractivity contribution is -0.0509. The molecule has 0 aliphatic heterocycles. The second kappa shape index (κ2) is 7.14. The minimum absolute atomic E-state index is 0.159. The van der Waals surface area contributed by atoms with Crippen molar-refractivity contribution in [3.8, 4) is 0 Å². The molecule has 24 heavy (non-hydrogen) atoms. The maximum Gasteiger partial charge on any atom is 0.534 e. The lowest BCUT2D eigenvalue weighted by Crippen LogP contribution is -2.26. The maximum atomic E-state index is 12.7. The Labute approximate surface area is 140 Å². The predicted molar refractivity (Wildman–Crippen MR) is 85.5 cm³/mol. The lowest BCUT2D eigenvalue weighted by Gasteiger charge is -2.24. The van der Waals surface area contributed by atoms with Crippen LogP contribution in [0.5, 0.6) is 0 Å². The summed E-state index contributed by atoms with van der Waals surface area (Å²) in [5.74, 6) is -0.159. The zero-order chi connectivity index (χ0) is 18.0. The highest BCUT2D eigenvalue weighted by atomic mass is 32.2. The highest BCUT2D eigenvalue weighted by Crippen LogP contribution is 2.38. The minimum atomic E-state index is -5.68. The summed E-state index contributed by atoms with van der Waals surface area (Å²) in [4.78, 5) is 1.96. The van der Waals surface area contributed by atoms with Crippen molar-refractivity contribution in [2.75, 3.05) is 20.6 Å². The molecule has 0 spiro atoms. The summed E-state index contributed by atoms with van der Waals surface area (Å²) >= 11 is 0. The van der Waals surface area contributed by atoms with E-state index in [1.807, 2.05) is 19.0 Å². The molecule has 0 fully saturated rings. The molecule has 1 aliphatic rings. The van der Waals surface area contributed by atoms with Crippen LogP contribution in [0.15, 0.2) is 29.8 Å². The number of allylic oxidation sites excluding steroid dienone is 1. The molecular formula is C16H20F3NO3S. The first-order chi connectivity index (χ1) is 11.1. The third-order valence-electron chi connectivity index (χ3n) is 3.84. The van der Waals surface area contributed by atoms with Crippen LogP contribution < -0.4 is 0 Å². The average Bonchev–Trinajstić information content (AvgIpc) is 2.47. The Morgan fingerprint density at radius 3 is 2.46 bits per heavy atom. The van der Waals surface area contributed by atoms with E-state index < -0.39 is 15.6 Å². The number of rotatable bonds is 6. The fraction of sp³-hybridized carbons (Fsp3) is 0.500. The average molecular weight is 363 g/mol. The maximum absolute atomic E-state index is 12.7. The molecule has 2 rings (SSSR count). The van der Waals surface area contributed by atoms with Gasteiger partial charge >= 0.3 is 15.6 Å². The van der Waals surface area contributed by atoms with Gasteiger partial charge in [0.1, 0.15) is 5.76 Å². The molecule has 4 nitrogen and oxygen atoms in total. The molecule has 0 saturated heterocycles. The summed E-state index contributed by atoms with van der Waals surface area (Å²) in [6.45, 7) is 0.754. The van der Waals surface area contributed by atoms with Crippen molar-refractivity contribution in [2.45, 2.75) is 31.2 Å². The van der Waals surface area contributed by atoms with Gasteiger partial charge in [0.05, 0.1) is 0 Å². The number of fused-ring (bicyclic) bond motifs is 1. The smallest absolute Gasteiger partial charge is 0.375 e. The first kappa shape index (κ1) is 18.8. The molecular weight excluding hydrogens is 343 g/mol. The Hall–Kier alpha value is -1.54. The number of nitrogens with zero attached hydrogens (tertiary/aromatic N) is 1. The molecule has 1 aromatic rings. The van der Waals surface area contributed by atoms with E-state index in [0.29, 0.717) is 36.8 Å². The molecule has 1 aliphatic carbocycles. The fourth-order valence-electron chi connectivity index (χ4n) is 2.66. The first-order valence-electron chi connectivity index (χ1n) is 7.57. The van der Waals surface area contributed by atoms with Crippen LogP contribution in [0.4, 0.5) is 13.2 Å². The normalized spacial score (nSPS) is 15.6. The molecule has 0 atom stereocenters. The molecule has 134 valence electrons. The molecule has 0 N–H and O–H groups in total. The summed E-state index contributed by atoms with van der Waals surface area (Å²) in [6, 6.07) is 6.80. The van der Waals surface area contributed by atoms with Crippen LogP contribution in [0.3, 0.4) is 0 Å². The number of hydrogen-bond acceptors (Lipinski definition) is 4. The molecule has 0 aromatic heterocycles. The van der Waals surface area contributed by atoms with Crippen LogP contribution in [0, 0.1) is 0 Å². The molecule has 0 saturated carbocycles. The highest BCUT2D eigenvalue weighted by Gasteiger charge is 2.49. The van der Waals surface area contributed by atoms with E-state index in [2.05, 4.69) is 4.18 Å². The SMILES string of the molecule is CN(C)CCCC1=C(OS(=O)(=O)C(F)(F)F)c2ccccc2CC1. The quantitative estimate of drug-likeness (QED) is 0.573. The van der Waals surface area contributed by atoms with Crippen molar-refractivity contribution >= 4 is 15.9 Å². The van der Waals surface area contributed by atoms with Gasteiger partial charge in [0.2, 0.25) is 0 Å². The molecule has 0 unspecified atom stereocenters. The van der Waals surface area contributed by atoms with Crippen LogP contribution in [-0.2, 0) is 20.7 Å². The van der Waals surface area contributed by atoms with E-state index in [1.165, 1.54) is 0 Å². The molecule has 0 bridgehead atoms. The number of aryl methyl sites for hydroxylation is 1. The van der Waals surface area contributed by atoms with Crippen LogP contribution in [0.2, 0.25) is 0 Å². The molecule has 1 aromatic carbocycles. The van der Waals surface area contributed by atoms with Gasteiger partial charge in [-0.1, -0.05) is 24.3 Å². The van der Waals surface area contributed by atoms with Gasteiger partial charge in [0.15, 0.2) is 0 Å². The number of alkyl halides is 3. The number of benzene rings is 1. The second-order valence-corrected chi connectivity index (χ2v) is 7.52. The van der Waals surface area contributed by atoms with E-state index in [9.17, 15) is 21.6 Å². The predicted octanol–water partition coefficient (Wildman–Crippen LogP) is 3.55. The summed E-state index contributed by atoms with van der Waals surface area (Å²) in [5.41, 5.74) is -3.61. The van der Waals surface area contributed by atoms with Gasteiger partial charge in [-0.15, -0.1) is 0 Å². The molecule has 0 heterocycles. The van der Waals surface area contributed by atoms with Crippen molar-refractivity contribution in [3.05, 3.63) is 41.0 Å². The van der Waals surface area contributed by atoms with Crippen LogP contribution in [0.1, 0.15) is 30.4 Å². The van der Waals surface area contributed by atoms with Gasteiger partial charge in [-0.25, -0.2) is 0 Å². The summed E-state index contributed by atoms with van der Waals surface area (Å²) in [5, 5.41) is 0. The molecule has 0 amide bonds. The molecule has 8 heteroatoms. The van der Waals surface area contributed by atoms with Gasteiger partial charge in [0, 0.05) is 5.56 Å². The zero-order valence-electron chi connectivity index (χ0n) is 13.6. The Kier molecular flexibility index (Phi) is 5.59. The topological polar surface area (TPSA) is 46.6 Å². The summed E-state index contributed by atoms with van der Waals surface area (Å²) in [7, 11) is -1.88. The van der Waals surface area contributed by atoms with Crippen LogP contribution in [0.25, 0.3) is 5.76 Å². The van der Waals surface area contributed by atoms with Gasteiger partial charge < -0.3 is 9.08 Å². The Bertz CT molecular complexity index is 724. The largest absolute Gasteiger partial charge is 0.534 e. The monoisotopic (exact) mass is 363 g/mol. The number of halogens is 3. The van der Waals surface area contributed by atoms with E-state index in [-0.39, 0.29) is 5.76 Å². The molecule has 0 radical (unpaired) electrons. The van der Waals surface area contributed by atoms with E-state index in [1.54, 1.807) is 24.3 Å². The number of hydrogen-bond donors (Lipinski definition) is 0. The van der Waals surface area contributed by atoms with Crippen LogP contribution >= 0.6 is 0 Å². The van der Waals surface area contributed by atoms with Crippen molar-refractivity contribution < 1.29 is 25.8 Å². The summed E-state index contributed by atoms with van der Waals surface area (Å²) in [6.07, 6.45) is 2.36. The standard InChI is InChI=1S/C16H20F3NO3S/c1-20(2)11-5-7-13-10-9-12-6-3-4-8-14(12)15(13)23-24(21,22)16(17,18)19/h3-4,6,8H,5,7,9-11H2,1-2H3. The van der Waals surface area contributed by atoms with Crippen molar-refractivity contribution in [2.24, 2.45) is 0 Å². The van der Waals surface area contributed by atoms with Gasteiger partial charge in [-0.2, -0.15) is 21.6 Å². The van der Waals surface area contributed by atoms with Crippen molar-refractivity contribution in [3.63, 3.8) is 0 Å². The second-order valence-electron chi connectivity index (χ2n) is 5.98. The van der Waals surface area contributed by atoms with Gasteiger partial charge in [-0.3, -0.25) is 0 Å². The summed E-state index contributed by atoms with van der Waals surface area (Å²) < 4.78 is 65.6. The third kappa shape index (κ3) is 4.30. The Morgan fingerprint density at radius 1 is 1.17 bits per heavy atom. The van der Waals surface area contributed by atoms with E-state index >= 15 is 0 Å². The van der Waals surface area contributed by atoms with Crippen LogP contribution in [-0.4, -0.2) is 39.5 Å². The Morgan fingerprint density at radius 2 is 1.83 bits per heavy atom. The van der Waals surface area contributed by atoms with E-state index in [0.717, 1.165) is 12.1 Å². The third-order valence-corrected chi connectivity index (χ3v) is 4.79. The van der Waals surface area contributed by atoms with Crippen molar-refractivity contribution in [1.29, 1.82) is 0 Å². The van der Waals surface area contributed by atoms with Gasteiger partial charge in [-0.05, 0) is 57.5 Å². The fourth-order valence-corrected chi connectivity index (χ4v) is 3.18. The minimum Gasteiger partial charge on any atom is -0.375 e. The lowest BCUT2D eigenvalue weighted by atomic mass is 9.88. The Balaban J connectivity index is 2.38. The zero-order valence-corrected chi connectivity index (χ0v) is 14.4.